The predicted molar refractivity (Wildman–Crippen MR) is 104 cm³/mol. The van der Waals surface area contributed by atoms with Gasteiger partial charge >= 0.3 is 0 Å². The van der Waals surface area contributed by atoms with Crippen molar-refractivity contribution in [3.63, 3.8) is 0 Å². The highest BCUT2D eigenvalue weighted by atomic mass is 15.3. The van der Waals surface area contributed by atoms with Gasteiger partial charge in [0.05, 0.1) is 0 Å². The van der Waals surface area contributed by atoms with Crippen LogP contribution in [-0.2, 0) is 0 Å². The van der Waals surface area contributed by atoms with E-state index in [1.54, 1.807) is 0 Å². The van der Waals surface area contributed by atoms with E-state index in [9.17, 15) is 0 Å². The molecule has 1 saturated heterocycles. The highest BCUT2D eigenvalue weighted by Gasteiger charge is 2.15. The summed E-state index contributed by atoms with van der Waals surface area (Å²) < 4.78 is 0. The maximum absolute atomic E-state index is 8.00. The van der Waals surface area contributed by atoms with Crippen molar-refractivity contribution in [3.05, 3.63) is 0 Å². The largest absolute Gasteiger partial charge is 0.369 e. The van der Waals surface area contributed by atoms with E-state index in [-0.39, 0.29) is 0 Å². The number of rotatable bonds is 10. The number of nitrogens with one attached hydrogen (secondary N) is 1. The third-order valence-corrected chi connectivity index (χ3v) is 4.69. The summed E-state index contributed by atoms with van der Waals surface area (Å²) in [5.74, 6) is 0.767. The average Bonchev–Trinajstić information content (AvgIpc) is 3.10. The van der Waals surface area contributed by atoms with E-state index in [1.807, 2.05) is 16.8 Å². The maximum Gasteiger partial charge on any atom is 0.221 e. The minimum Gasteiger partial charge on any atom is -0.369 e. The number of aliphatic imine (C=N–C) groups is 1. The molecule has 140 valence electrons. The van der Waals surface area contributed by atoms with Crippen LogP contribution in [0, 0.1) is 5.41 Å². The van der Waals surface area contributed by atoms with Crippen molar-refractivity contribution < 1.29 is 0 Å². The minimum absolute atomic E-state index is 0.309. The van der Waals surface area contributed by atoms with Crippen LogP contribution >= 0.6 is 0 Å². The van der Waals surface area contributed by atoms with E-state index in [0.717, 1.165) is 45.4 Å². The van der Waals surface area contributed by atoms with E-state index >= 15 is 0 Å². The van der Waals surface area contributed by atoms with Crippen molar-refractivity contribution in [1.29, 1.82) is 5.41 Å². The van der Waals surface area contributed by atoms with Gasteiger partial charge in [-0.25, -0.2) is 0 Å². The van der Waals surface area contributed by atoms with Gasteiger partial charge < -0.3 is 20.4 Å². The zero-order chi connectivity index (χ0) is 17.8. The smallest absolute Gasteiger partial charge is 0.221 e. The maximum atomic E-state index is 8.00. The molecule has 0 spiro atoms. The number of hydrogen-bond acceptors (Lipinski definition) is 2. The highest BCUT2D eigenvalue weighted by molar-refractivity contribution is 5.92. The molecule has 0 saturated carbocycles. The molecule has 0 aromatic carbocycles. The number of hydrogen-bond donors (Lipinski definition) is 2. The lowest BCUT2D eigenvalue weighted by Gasteiger charge is -2.21. The first-order valence-corrected chi connectivity index (χ1v) is 9.62. The number of unbranched alkanes of at least 4 members (excludes halogenated alkanes) is 4. The van der Waals surface area contributed by atoms with Crippen LogP contribution in [0.5, 0.6) is 0 Å². The molecule has 6 heteroatoms. The monoisotopic (exact) mass is 338 g/mol. The second-order valence-corrected chi connectivity index (χ2v) is 6.98. The van der Waals surface area contributed by atoms with Crippen molar-refractivity contribution in [2.45, 2.75) is 58.3 Å². The number of nitrogens with zero attached hydrogens (tertiary/aromatic N) is 4. The Hall–Kier alpha value is -1.30. The molecule has 0 aromatic rings. The predicted octanol–water partition coefficient (Wildman–Crippen LogP) is 2.56. The van der Waals surface area contributed by atoms with Gasteiger partial charge in [0.1, 0.15) is 0 Å². The summed E-state index contributed by atoms with van der Waals surface area (Å²) in [6, 6.07) is 0. The first-order chi connectivity index (χ1) is 11.5. The molecule has 0 bridgehead atoms. The third kappa shape index (κ3) is 8.52. The Morgan fingerprint density at radius 1 is 1.00 bits per heavy atom. The fourth-order valence-electron chi connectivity index (χ4n) is 2.96. The van der Waals surface area contributed by atoms with Crippen LogP contribution in [0.2, 0.25) is 0 Å². The summed E-state index contributed by atoms with van der Waals surface area (Å²) in [6.45, 7) is 7.36. The first kappa shape index (κ1) is 20.7. The van der Waals surface area contributed by atoms with Gasteiger partial charge in [-0.05, 0) is 52.2 Å². The third-order valence-electron chi connectivity index (χ3n) is 4.69. The van der Waals surface area contributed by atoms with Gasteiger partial charge in [0, 0.05) is 26.7 Å². The van der Waals surface area contributed by atoms with Gasteiger partial charge in [0.2, 0.25) is 5.96 Å². The molecule has 0 atom stereocenters. The van der Waals surface area contributed by atoms with E-state index in [0.29, 0.717) is 11.9 Å². The van der Waals surface area contributed by atoms with Gasteiger partial charge in [-0.3, -0.25) is 5.41 Å². The molecule has 0 aliphatic carbocycles. The molecular formula is C18H38N6. The van der Waals surface area contributed by atoms with Crippen LogP contribution in [0.4, 0.5) is 0 Å². The normalized spacial score (nSPS) is 15.3. The molecular weight excluding hydrogens is 300 g/mol. The molecule has 1 fully saturated rings. The lowest BCUT2D eigenvalue weighted by Crippen LogP contribution is -2.37. The molecule has 0 radical (unpaired) electrons. The van der Waals surface area contributed by atoms with E-state index in [4.69, 9.17) is 11.1 Å². The lowest BCUT2D eigenvalue weighted by molar-refractivity contribution is 0.311. The van der Waals surface area contributed by atoms with Crippen LogP contribution in [0.25, 0.3) is 0 Å². The molecule has 0 amide bonds. The van der Waals surface area contributed by atoms with E-state index < -0.39 is 0 Å². The zero-order valence-corrected chi connectivity index (χ0v) is 16.1. The van der Waals surface area contributed by atoms with Crippen LogP contribution in [0.1, 0.15) is 58.3 Å². The summed E-state index contributed by atoms with van der Waals surface area (Å²) in [7, 11) is 4.17. The van der Waals surface area contributed by atoms with E-state index in [1.165, 1.54) is 38.6 Å². The Labute approximate surface area is 148 Å². The minimum atomic E-state index is 0.309. The van der Waals surface area contributed by atoms with Crippen molar-refractivity contribution in [3.8, 4) is 0 Å². The number of guanidine groups is 2. The topological polar surface area (TPSA) is 72.0 Å². The molecule has 1 heterocycles. The number of nitrogens with two attached hydrogens (primary N) is 1. The molecule has 1 aliphatic rings. The fraction of sp³-hybridized carbons (Fsp3) is 0.889. The Morgan fingerprint density at radius 3 is 2.21 bits per heavy atom. The SMILES string of the molecule is CCCCCCN(C)CCCCN(C)C(N)=NC(=N)N1CCCC1. The van der Waals surface area contributed by atoms with Crippen molar-refractivity contribution in [2.24, 2.45) is 10.7 Å². The van der Waals surface area contributed by atoms with Gasteiger partial charge in [-0.15, -0.1) is 0 Å². The zero-order valence-electron chi connectivity index (χ0n) is 16.1. The quantitative estimate of drug-likeness (QED) is 0.365. The highest BCUT2D eigenvalue weighted by Crippen LogP contribution is 2.08. The van der Waals surface area contributed by atoms with Crippen molar-refractivity contribution in [1.82, 2.24) is 14.7 Å². The molecule has 1 rings (SSSR count). The van der Waals surface area contributed by atoms with Gasteiger partial charge in [-0.1, -0.05) is 26.2 Å². The summed E-state index contributed by atoms with van der Waals surface area (Å²) >= 11 is 0. The summed E-state index contributed by atoms with van der Waals surface area (Å²) in [6.07, 6.45) is 9.88. The van der Waals surface area contributed by atoms with Crippen LogP contribution in [-0.4, -0.2) is 73.4 Å². The van der Waals surface area contributed by atoms with Crippen LogP contribution in [0.15, 0.2) is 4.99 Å². The van der Waals surface area contributed by atoms with Crippen molar-refractivity contribution in [2.75, 3.05) is 46.8 Å². The molecule has 0 unspecified atom stereocenters. The molecule has 6 nitrogen and oxygen atoms in total. The Kier molecular flexibility index (Phi) is 10.5. The van der Waals surface area contributed by atoms with Crippen LogP contribution < -0.4 is 5.73 Å². The lowest BCUT2D eigenvalue weighted by atomic mass is 10.2. The molecule has 24 heavy (non-hydrogen) atoms. The fourth-order valence-corrected chi connectivity index (χ4v) is 2.96. The van der Waals surface area contributed by atoms with Gasteiger partial charge in [0.25, 0.3) is 0 Å². The molecule has 1 aliphatic heterocycles. The van der Waals surface area contributed by atoms with Crippen molar-refractivity contribution >= 4 is 11.9 Å². The Morgan fingerprint density at radius 2 is 1.58 bits per heavy atom. The first-order valence-electron chi connectivity index (χ1n) is 9.62. The summed E-state index contributed by atoms with van der Waals surface area (Å²) in [5.41, 5.74) is 6.02. The summed E-state index contributed by atoms with van der Waals surface area (Å²) in [4.78, 5) is 10.6. The van der Waals surface area contributed by atoms with Gasteiger partial charge in [0.15, 0.2) is 5.96 Å². The second-order valence-electron chi connectivity index (χ2n) is 6.98. The second kappa shape index (κ2) is 12.1. The Balaban J connectivity index is 2.13. The standard InChI is InChI=1S/C18H38N6/c1-4-5-6-7-12-22(2)13-8-9-14-23(3)17(19)21-18(20)24-15-10-11-16-24/h4-16H2,1-3H3,(H3,19,20,21). The Bertz CT molecular complexity index is 376. The van der Waals surface area contributed by atoms with E-state index in [2.05, 4.69) is 23.9 Å². The molecule has 0 aromatic heterocycles. The number of likely N-dealkylation sites (tertiary alicyclic amines) is 1. The summed E-state index contributed by atoms with van der Waals surface area (Å²) in [5, 5.41) is 8.00. The average molecular weight is 339 g/mol. The van der Waals surface area contributed by atoms with Gasteiger partial charge in [-0.2, -0.15) is 4.99 Å². The van der Waals surface area contributed by atoms with Crippen LogP contribution in [0.3, 0.4) is 0 Å². The molecule has 3 N–H and O–H groups in total.